The van der Waals surface area contributed by atoms with Gasteiger partial charge in [0.2, 0.25) is 0 Å². The van der Waals surface area contributed by atoms with Crippen molar-refractivity contribution in [2.45, 2.75) is 18.9 Å². The Hall–Kier alpha value is -2.31. The normalized spacial score (nSPS) is 11.4. The molecular formula is C18H17IN2O4. The number of benzene rings is 2. The van der Waals surface area contributed by atoms with Crippen LogP contribution in [0.1, 0.15) is 30.1 Å². The fourth-order valence-corrected chi connectivity index (χ4v) is 2.76. The SMILES string of the molecule is N#Cc1ccc(NC(=O)O[C@H](CCCO)c2cc(I)ccc2O)cc1. The molecule has 2 aromatic carbocycles. The quantitative estimate of drug-likeness (QED) is 0.577. The molecule has 0 aliphatic heterocycles. The lowest BCUT2D eigenvalue weighted by Gasteiger charge is -2.19. The Morgan fingerprint density at radius 2 is 2.00 bits per heavy atom. The van der Waals surface area contributed by atoms with Crippen LogP contribution in [-0.2, 0) is 4.74 Å². The van der Waals surface area contributed by atoms with Crippen molar-refractivity contribution in [3.05, 3.63) is 57.2 Å². The standard InChI is InChI=1S/C18H17IN2O4/c19-13-5-8-16(23)15(10-13)17(2-1-9-22)25-18(24)21-14-6-3-12(11-20)4-7-14/h3-8,10,17,22-23H,1-2,9H2,(H,21,24)/t17-/m1/s1. The van der Waals surface area contributed by atoms with Crippen molar-refractivity contribution in [2.24, 2.45) is 0 Å². The second kappa shape index (κ2) is 9.25. The Morgan fingerprint density at radius 3 is 2.64 bits per heavy atom. The third-order valence-electron chi connectivity index (χ3n) is 3.47. The molecule has 0 fully saturated rings. The van der Waals surface area contributed by atoms with Crippen LogP contribution in [-0.4, -0.2) is 22.9 Å². The maximum atomic E-state index is 12.2. The summed E-state index contributed by atoms with van der Waals surface area (Å²) in [6.45, 7) is -0.0399. The van der Waals surface area contributed by atoms with Crippen molar-refractivity contribution in [3.8, 4) is 11.8 Å². The van der Waals surface area contributed by atoms with E-state index in [0.717, 1.165) is 3.57 Å². The van der Waals surface area contributed by atoms with Gasteiger partial charge in [-0.1, -0.05) is 0 Å². The number of carbonyl (C=O) groups excluding carboxylic acids is 1. The summed E-state index contributed by atoms with van der Waals surface area (Å²) in [6, 6.07) is 13.4. The number of aliphatic hydroxyl groups is 1. The molecule has 0 radical (unpaired) electrons. The van der Waals surface area contributed by atoms with E-state index in [-0.39, 0.29) is 12.4 Å². The molecule has 0 saturated heterocycles. The first-order chi connectivity index (χ1) is 12.0. The highest BCUT2D eigenvalue weighted by atomic mass is 127. The molecule has 2 aromatic rings. The van der Waals surface area contributed by atoms with Crippen LogP contribution in [0.4, 0.5) is 10.5 Å². The maximum absolute atomic E-state index is 12.2. The molecule has 1 amide bonds. The van der Waals surface area contributed by atoms with E-state index in [1.165, 1.54) is 0 Å². The van der Waals surface area contributed by atoms with Crippen LogP contribution in [0.2, 0.25) is 0 Å². The van der Waals surface area contributed by atoms with Crippen LogP contribution in [0.15, 0.2) is 42.5 Å². The summed E-state index contributed by atoms with van der Waals surface area (Å²) in [5.41, 5.74) is 1.48. The van der Waals surface area contributed by atoms with Crippen LogP contribution in [0.25, 0.3) is 0 Å². The first-order valence-electron chi connectivity index (χ1n) is 7.60. The summed E-state index contributed by atoms with van der Waals surface area (Å²) in [5.74, 6) is 0.0366. The van der Waals surface area contributed by atoms with Crippen molar-refractivity contribution in [1.29, 1.82) is 5.26 Å². The van der Waals surface area contributed by atoms with E-state index in [1.54, 1.807) is 42.5 Å². The van der Waals surface area contributed by atoms with Crippen molar-refractivity contribution in [3.63, 3.8) is 0 Å². The number of anilines is 1. The molecule has 0 aliphatic rings. The Balaban J connectivity index is 2.11. The molecule has 130 valence electrons. The van der Waals surface area contributed by atoms with Gasteiger partial charge >= 0.3 is 6.09 Å². The zero-order chi connectivity index (χ0) is 18.2. The second-order valence-corrected chi connectivity index (χ2v) is 6.52. The number of aromatic hydroxyl groups is 1. The maximum Gasteiger partial charge on any atom is 0.412 e. The minimum atomic E-state index is -0.680. The molecule has 7 heteroatoms. The van der Waals surface area contributed by atoms with Gasteiger partial charge in [-0.15, -0.1) is 0 Å². The van der Waals surface area contributed by atoms with Gasteiger partial charge in [-0.05, 0) is 77.9 Å². The van der Waals surface area contributed by atoms with Crippen LogP contribution < -0.4 is 5.32 Å². The number of halogens is 1. The number of phenolic OH excluding ortho intramolecular Hbond substituents is 1. The van der Waals surface area contributed by atoms with Gasteiger partial charge in [0.1, 0.15) is 11.9 Å². The zero-order valence-corrected chi connectivity index (χ0v) is 15.4. The Labute approximate surface area is 159 Å². The molecule has 0 aliphatic carbocycles. The molecular weight excluding hydrogens is 435 g/mol. The summed E-state index contributed by atoms with van der Waals surface area (Å²) in [4.78, 5) is 12.2. The largest absolute Gasteiger partial charge is 0.508 e. The van der Waals surface area contributed by atoms with Crippen LogP contribution in [0.5, 0.6) is 5.75 Å². The van der Waals surface area contributed by atoms with Gasteiger partial charge in [-0.3, -0.25) is 5.32 Å². The predicted octanol–water partition coefficient (Wildman–Crippen LogP) is 3.93. The lowest BCUT2D eigenvalue weighted by Crippen LogP contribution is -2.18. The lowest BCUT2D eigenvalue weighted by atomic mass is 10.0. The molecule has 1 atom stereocenters. The third-order valence-corrected chi connectivity index (χ3v) is 4.14. The number of rotatable bonds is 6. The van der Waals surface area contributed by atoms with Gasteiger partial charge in [-0.2, -0.15) is 5.26 Å². The van der Waals surface area contributed by atoms with E-state index in [4.69, 9.17) is 15.1 Å². The fraction of sp³-hybridized carbons (Fsp3) is 0.222. The molecule has 6 nitrogen and oxygen atoms in total. The van der Waals surface area contributed by atoms with Crippen molar-refractivity contribution in [2.75, 3.05) is 11.9 Å². The van der Waals surface area contributed by atoms with Gasteiger partial charge in [0.25, 0.3) is 0 Å². The Kier molecular flexibility index (Phi) is 7.03. The second-order valence-electron chi connectivity index (χ2n) is 5.28. The molecule has 25 heavy (non-hydrogen) atoms. The highest BCUT2D eigenvalue weighted by Crippen LogP contribution is 2.32. The first kappa shape index (κ1) is 19.0. The number of nitrogens with zero attached hydrogens (tertiary/aromatic N) is 1. The molecule has 0 bridgehead atoms. The average molecular weight is 452 g/mol. The predicted molar refractivity (Wildman–Crippen MR) is 101 cm³/mol. The summed E-state index contributed by atoms with van der Waals surface area (Å²) in [7, 11) is 0. The Morgan fingerprint density at radius 1 is 1.28 bits per heavy atom. The van der Waals surface area contributed by atoms with E-state index in [2.05, 4.69) is 27.9 Å². The van der Waals surface area contributed by atoms with Gasteiger partial charge in [-0.25, -0.2) is 4.79 Å². The van der Waals surface area contributed by atoms with E-state index < -0.39 is 12.2 Å². The number of phenols is 1. The molecule has 3 N–H and O–H groups in total. The minimum Gasteiger partial charge on any atom is -0.508 e. The summed E-state index contributed by atoms with van der Waals surface area (Å²) in [5, 5.41) is 30.5. The van der Waals surface area contributed by atoms with Gasteiger partial charge < -0.3 is 14.9 Å². The van der Waals surface area contributed by atoms with Crippen LogP contribution in [0, 0.1) is 14.9 Å². The number of ether oxygens (including phenoxy) is 1. The summed E-state index contributed by atoms with van der Waals surface area (Å²) < 4.78 is 6.34. The molecule has 0 saturated carbocycles. The van der Waals surface area contributed by atoms with Crippen LogP contribution >= 0.6 is 22.6 Å². The molecule has 0 unspecified atom stereocenters. The number of aliphatic hydroxyl groups excluding tert-OH is 1. The highest BCUT2D eigenvalue weighted by molar-refractivity contribution is 14.1. The average Bonchev–Trinajstić information content (AvgIpc) is 2.61. The number of hydrogen-bond acceptors (Lipinski definition) is 5. The molecule has 0 aromatic heterocycles. The number of hydrogen-bond donors (Lipinski definition) is 3. The number of amides is 1. The smallest absolute Gasteiger partial charge is 0.412 e. The van der Waals surface area contributed by atoms with Crippen molar-refractivity contribution >= 4 is 34.4 Å². The fourth-order valence-electron chi connectivity index (χ4n) is 2.24. The van der Waals surface area contributed by atoms with E-state index in [9.17, 15) is 9.90 Å². The number of carbonyl (C=O) groups is 1. The lowest BCUT2D eigenvalue weighted by molar-refractivity contribution is 0.0979. The van der Waals surface area contributed by atoms with Gasteiger partial charge in [0.05, 0.1) is 11.6 Å². The number of nitrogens with one attached hydrogen (secondary N) is 1. The Bertz CT molecular complexity index is 772. The monoisotopic (exact) mass is 452 g/mol. The minimum absolute atomic E-state index is 0.0366. The van der Waals surface area contributed by atoms with Gasteiger partial charge in [0.15, 0.2) is 0 Å². The van der Waals surface area contributed by atoms with E-state index >= 15 is 0 Å². The van der Waals surface area contributed by atoms with Crippen LogP contribution in [0.3, 0.4) is 0 Å². The van der Waals surface area contributed by atoms with E-state index in [1.807, 2.05) is 6.07 Å². The third kappa shape index (κ3) is 5.62. The summed E-state index contributed by atoms with van der Waals surface area (Å²) in [6.07, 6.45) is -0.545. The zero-order valence-electron chi connectivity index (χ0n) is 13.3. The molecule has 0 heterocycles. The topological polar surface area (TPSA) is 103 Å². The number of nitriles is 1. The van der Waals surface area contributed by atoms with Crippen molar-refractivity contribution < 1.29 is 19.7 Å². The van der Waals surface area contributed by atoms with Crippen molar-refractivity contribution in [1.82, 2.24) is 0 Å². The molecule has 2 rings (SSSR count). The van der Waals surface area contributed by atoms with Gasteiger partial charge in [0, 0.05) is 21.4 Å². The van der Waals surface area contributed by atoms with E-state index in [0.29, 0.717) is 29.7 Å². The molecule has 0 spiro atoms. The summed E-state index contributed by atoms with van der Waals surface area (Å²) >= 11 is 2.11. The first-order valence-corrected chi connectivity index (χ1v) is 8.68. The highest BCUT2D eigenvalue weighted by Gasteiger charge is 2.20.